The average molecular weight is 381 g/mol. The highest BCUT2D eigenvalue weighted by atomic mass is 79.9. The first-order valence-electron chi connectivity index (χ1n) is 6.29. The highest BCUT2D eigenvalue weighted by molar-refractivity contribution is 9.10. The number of carbonyl (C=O) groups excluding carboxylic acids is 1. The minimum absolute atomic E-state index is 0.189. The number of anilines is 1. The molecule has 1 amide bonds. The Kier molecular flexibility index (Phi) is 4.39. The number of fused-ring (bicyclic) bond motifs is 1. The van der Waals surface area contributed by atoms with Crippen molar-refractivity contribution in [2.45, 2.75) is 5.16 Å². The lowest BCUT2D eigenvalue weighted by Crippen LogP contribution is -2.14. The Balaban J connectivity index is 1.61. The van der Waals surface area contributed by atoms with Gasteiger partial charge in [0, 0.05) is 16.4 Å². The lowest BCUT2D eigenvalue weighted by atomic mass is 10.3. The van der Waals surface area contributed by atoms with Crippen molar-refractivity contribution in [3.63, 3.8) is 0 Å². The third kappa shape index (κ3) is 3.63. The molecule has 0 spiro atoms. The van der Waals surface area contributed by atoms with Crippen LogP contribution in [-0.2, 0) is 4.79 Å². The quantitative estimate of drug-likeness (QED) is 0.678. The molecule has 2 aromatic heterocycles. The second-order valence-electron chi connectivity index (χ2n) is 4.41. The molecule has 1 aromatic carbocycles. The Labute approximate surface area is 137 Å². The molecule has 8 heteroatoms. The van der Waals surface area contributed by atoms with Gasteiger partial charge in [0.2, 0.25) is 5.91 Å². The summed E-state index contributed by atoms with van der Waals surface area (Å²) in [4.78, 5) is 23.4. The molecule has 0 radical (unpaired) electrons. The summed E-state index contributed by atoms with van der Waals surface area (Å²) in [5.41, 5.74) is 1.96. The van der Waals surface area contributed by atoms with Gasteiger partial charge in [-0.2, -0.15) is 0 Å². The van der Waals surface area contributed by atoms with E-state index in [4.69, 9.17) is 0 Å². The molecule has 0 unspecified atom stereocenters. The van der Waals surface area contributed by atoms with Gasteiger partial charge < -0.3 is 10.3 Å². The van der Waals surface area contributed by atoms with Crippen molar-refractivity contribution in [2.75, 3.05) is 11.1 Å². The molecule has 2 heterocycles. The van der Waals surface area contributed by atoms with Crippen LogP contribution in [0.15, 0.2) is 46.2 Å². The van der Waals surface area contributed by atoms with E-state index < -0.39 is 0 Å². The zero-order chi connectivity index (χ0) is 15.5. The number of nitrogens with zero attached hydrogens (tertiary/aromatic N) is 2. The first-order chi connectivity index (χ1) is 10.6. The summed E-state index contributed by atoms with van der Waals surface area (Å²) in [5, 5.41) is 3.31. The van der Waals surface area contributed by atoms with Crippen molar-refractivity contribution in [1.82, 2.24) is 15.0 Å². The van der Waals surface area contributed by atoms with Crippen LogP contribution in [0, 0.1) is 5.82 Å². The van der Waals surface area contributed by atoms with Crippen molar-refractivity contribution >= 4 is 50.5 Å². The minimum Gasteiger partial charge on any atom is -0.331 e. The van der Waals surface area contributed by atoms with Gasteiger partial charge in [-0.15, -0.1) is 0 Å². The lowest BCUT2D eigenvalue weighted by molar-refractivity contribution is -0.113. The molecule has 112 valence electrons. The van der Waals surface area contributed by atoms with E-state index in [-0.39, 0.29) is 17.5 Å². The summed E-state index contributed by atoms with van der Waals surface area (Å²) in [6, 6.07) is 7.50. The molecule has 0 saturated carbocycles. The SMILES string of the molecule is O=C(CSc1nc2ncc(Br)cc2[nH]1)Nc1ccc(F)cc1. The summed E-state index contributed by atoms with van der Waals surface area (Å²) in [6.07, 6.45) is 1.67. The number of aromatic nitrogens is 3. The molecule has 3 aromatic rings. The number of H-pyrrole nitrogens is 1. The van der Waals surface area contributed by atoms with Gasteiger partial charge in [0.1, 0.15) is 5.82 Å². The number of aromatic amines is 1. The Morgan fingerprint density at radius 2 is 2.14 bits per heavy atom. The molecule has 0 aliphatic heterocycles. The number of carbonyl (C=O) groups is 1. The Hall–Kier alpha value is -1.93. The summed E-state index contributed by atoms with van der Waals surface area (Å²) >= 11 is 4.61. The van der Waals surface area contributed by atoms with E-state index in [1.54, 1.807) is 6.20 Å². The number of hydrogen-bond donors (Lipinski definition) is 2. The molecule has 2 N–H and O–H groups in total. The Morgan fingerprint density at radius 1 is 1.36 bits per heavy atom. The minimum atomic E-state index is -0.340. The third-order valence-electron chi connectivity index (χ3n) is 2.75. The predicted octanol–water partition coefficient (Wildman–Crippen LogP) is 3.59. The molecule has 0 aliphatic carbocycles. The van der Waals surface area contributed by atoms with Gasteiger partial charge in [0.05, 0.1) is 11.3 Å². The van der Waals surface area contributed by atoms with Crippen LogP contribution >= 0.6 is 27.7 Å². The number of benzene rings is 1. The van der Waals surface area contributed by atoms with Crippen molar-refractivity contribution in [3.05, 3.63) is 46.8 Å². The van der Waals surface area contributed by atoms with Crippen LogP contribution in [0.25, 0.3) is 11.2 Å². The monoisotopic (exact) mass is 380 g/mol. The summed E-state index contributed by atoms with van der Waals surface area (Å²) in [7, 11) is 0. The van der Waals surface area contributed by atoms with E-state index in [1.807, 2.05) is 6.07 Å². The zero-order valence-corrected chi connectivity index (χ0v) is 13.5. The molecule has 0 fully saturated rings. The average Bonchev–Trinajstić information content (AvgIpc) is 2.89. The van der Waals surface area contributed by atoms with Crippen LogP contribution in [-0.4, -0.2) is 26.6 Å². The van der Waals surface area contributed by atoms with Crippen molar-refractivity contribution in [2.24, 2.45) is 0 Å². The molecule has 0 bridgehead atoms. The number of imidazole rings is 1. The van der Waals surface area contributed by atoms with Crippen molar-refractivity contribution in [1.29, 1.82) is 0 Å². The maximum atomic E-state index is 12.8. The maximum absolute atomic E-state index is 12.8. The maximum Gasteiger partial charge on any atom is 0.234 e. The lowest BCUT2D eigenvalue weighted by Gasteiger charge is -2.03. The van der Waals surface area contributed by atoms with Gasteiger partial charge in [-0.3, -0.25) is 4.79 Å². The van der Waals surface area contributed by atoms with E-state index in [0.717, 1.165) is 9.99 Å². The van der Waals surface area contributed by atoms with Crippen molar-refractivity contribution < 1.29 is 9.18 Å². The number of amides is 1. The van der Waals surface area contributed by atoms with E-state index in [1.165, 1.54) is 36.0 Å². The van der Waals surface area contributed by atoms with Gasteiger partial charge >= 0.3 is 0 Å². The first-order valence-corrected chi connectivity index (χ1v) is 8.07. The number of thioether (sulfide) groups is 1. The van der Waals surface area contributed by atoms with E-state index in [9.17, 15) is 9.18 Å². The van der Waals surface area contributed by atoms with Crippen LogP contribution < -0.4 is 5.32 Å². The number of nitrogens with one attached hydrogen (secondary N) is 2. The number of rotatable bonds is 4. The fourth-order valence-corrected chi connectivity index (χ4v) is 2.79. The summed E-state index contributed by atoms with van der Waals surface area (Å²) < 4.78 is 13.6. The second kappa shape index (κ2) is 6.45. The molecule has 0 saturated heterocycles. The zero-order valence-electron chi connectivity index (χ0n) is 11.1. The van der Waals surface area contributed by atoms with Gasteiger partial charge in [-0.25, -0.2) is 14.4 Å². The third-order valence-corrected chi connectivity index (χ3v) is 4.06. The molecular weight excluding hydrogens is 371 g/mol. The topological polar surface area (TPSA) is 70.7 Å². The van der Waals surface area contributed by atoms with Gasteiger partial charge in [0.25, 0.3) is 0 Å². The van der Waals surface area contributed by atoms with Crippen LogP contribution in [0.5, 0.6) is 0 Å². The molecule has 0 atom stereocenters. The van der Waals surface area contributed by atoms with Crippen LogP contribution in [0.1, 0.15) is 0 Å². The Morgan fingerprint density at radius 3 is 2.91 bits per heavy atom. The molecule has 5 nitrogen and oxygen atoms in total. The van der Waals surface area contributed by atoms with E-state index in [2.05, 4.69) is 36.2 Å². The van der Waals surface area contributed by atoms with E-state index in [0.29, 0.717) is 16.5 Å². The van der Waals surface area contributed by atoms with Crippen LogP contribution in [0.4, 0.5) is 10.1 Å². The highest BCUT2D eigenvalue weighted by Gasteiger charge is 2.08. The van der Waals surface area contributed by atoms with Gasteiger partial charge in [-0.1, -0.05) is 11.8 Å². The highest BCUT2D eigenvalue weighted by Crippen LogP contribution is 2.21. The number of pyridine rings is 1. The smallest absolute Gasteiger partial charge is 0.234 e. The normalized spacial score (nSPS) is 10.8. The summed E-state index contributed by atoms with van der Waals surface area (Å²) in [6.45, 7) is 0. The predicted molar refractivity (Wildman–Crippen MR) is 87.3 cm³/mol. The van der Waals surface area contributed by atoms with E-state index >= 15 is 0 Å². The van der Waals surface area contributed by atoms with Crippen LogP contribution in [0.3, 0.4) is 0 Å². The fourth-order valence-electron chi connectivity index (χ4n) is 1.79. The van der Waals surface area contributed by atoms with Crippen molar-refractivity contribution in [3.8, 4) is 0 Å². The summed E-state index contributed by atoms with van der Waals surface area (Å²) in [5.74, 6) is -0.335. The van der Waals surface area contributed by atoms with Gasteiger partial charge in [0.15, 0.2) is 10.8 Å². The molecule has 0 aliphatic rings. The van der Waals surface area contributed by atoms with Crippen LogP contribution in [0.2, 0.25) is 0 Å². The number of hydrogen-bond acceptors (Lipinski definition) is 4. The standard InChI is InChI=1S/C14H10BrFN4OS/c15-8-5-11-13(17-6-8)20-14(19-11)22-7-12(21)18-10-3-1-9(16)2-4-10/h1-6H,7H2,(H,18,21)(H,17,19,20). The van der Waals surface area contributed by atoms with Gasteiger partial charge in [-0.05, 0) is 46.3 Å². The Bertz CT molecular complexity index is 821. The fraction of sp³-hybridized carbons (Fsp3) is 0.0714. The molecule has 22 heavy (non-hydrogen) atoms. The number of halogens is 2. The second-order valence-corrected chi connectivity index (χ2v) is 6.29. The molecule has 3 rings (SSSR count). The largest absolute Gasteiger partial charge is 0.331 e. The first kappa shape index (κ1) is 15.0. The molecular formula is C14H10BrFN4OS.